The van der Waals surface area contributed by atoms with Crippen LogP contribution in [-0.4, -0.2) is 25.3 Å². The third-order valence-corrected chi connectivity index (χ3v) is 4.28. The molecule has 0 atom stereocenters. The molecule has 0 aliphatic heterocycles. The predicted molar refractivity (Wildman–Crippen MR) is 99.4 cm³/mol. The quantitative estimate of drug-likeness (QED) is 0.425. The number of rotatable bonds is 8. The molecule has 0 spiro atoms. The van der Waals surface area contributed by atoms with Crippen molar-refractivity contribution in [2.24, 2.45) is 0 Å². The summed E-state index contributed by atoms with van der Waals surface area (Å²) < 4.78 is 18.4. The van der Waals surface area contributed by atoms with Crippen molar-refractivity contribution in [2.75, 3.05) is 13.2 Å². The van der Waals surface area contributed by atoms with Crippen molar-refractivity contribution in [3.63, 3.8) is 0 Å². The van der Waals surface area contributed by atoms with Gasteiger partial charge in [-0.1, -0.05) is 30.8 Å². The van der Waals surface area contributed by atoms with Gasteiger partial charge < -0.3 is 14.2 Å². The average molecular weight is 456 g/mol. The Balaban J connectivity index is 1.99. The second-order valence-corrected chi connectivity index (χ2v) is 6.45. The van der Waals surface area contributed by atoms with Crippen molar-refractivity contribution in [1.29, 1.82) is 0 Å². The molecular weight excluding hydrogens is 440 g/mol. The Morgan fingerprint density at radius 1 is 0.958 bits per heavy atom. The number of benzene rings is 2. The van der Waals surface area contributed by atoms with Crippen LogP contribution in [0.4, 0.5) is 0 Å². The summed E-state index contributed by atoms with van der Waals surface area (Å²) in [6.07, 6.45) is 0.541. The fourth-order valence-corrected chi connectivity index (χ4v) is 2.62. The highest BCUT2D eigenvalue weighted by molar-refractivity contribution is 9.10. The Kier molecular flexibility index (Phi) is 7.34. The second kappa shape index (κ2) is 9.49. The van der Waals surface area contributed by atoms with Crippen LogP contribution < -0.4 is 9.47 Å². The highest BCUT2D eigenvalue weighted by Crippen LogP contribution is 2.25. The number of para-hydroxylation sites is 2. The van der Waals surface area contributed by atoms with E-state index in [0.717, 1.165) is 15.0 Å². The van der Waals surface area contributed by atoms with Gasteiger partial charge in [0.1, 0.15) is 24.7 Å². The number of hydrogen-bond acceptors (Lipinski definition) is 4. The molecule has 6 heteroatoms. The van der Waals surface area contributed by atoms with Crippen LogP contribution in [0.2, 0.25) is 0 Å². The summed E-state index contributed by atoms with van der Waals surface area (Å²) in [5.74, 6) is 0.808. The number of ether oxygens (including phenoxy) is 3. The monoisotopic (exact) mass is 454 g/mol. The second-order valence-electron chi connectivity index (χ2n) is 4.75. The molecule has 24 heavy (non-hydrogen) atoms. The first-order valence-corrected chi connectivity index (χ1v) is 8.76. The van der Waals surface area contributed by atoms with E-state index in [1.54, 1.807) is 0 Å². The van der Waals surface area contributed by atoms with Crippen LogP contribution in [0, 0.1) is 0 Å². The minimum atomic E-state index is -0.574. The molecule has 0 heterocycles. The first kappa shape index (κ1) is 18.5. The third kappa shape index (κ3) is 5.69. The summed E-state index contributed by atoms with van der Waals surface area (Å²) in [6, 6.07) is 14.9. The summed E-state index contributed by atoms with van der Waals surface area (Å²) in [5, 5.41) is 0. The highest BCUT2D eigenvalue weighted by atomic mass is 79.9. The molecule has 0 unspecified atom stereocenters. The van der Waals surface area contributed by atoms with Gasteiger partial charge in [0.2, 0.25) is 0 Å². The Bertz CT molecular complexity index is 653. The lowest BCUT2D eigenvalue weighted by atomic mass is 10.3. The van der Waals surface area contributed by atoms with Gasteiger partial charge in [-0.3, -0.25) is 0 Å². The summed E-state index contributed by atoms with van der Waals surface area (Å²) in [4.78, 5) is 11.5. The van der Waals surface area contributed by atoms with Gasteiger partial charge in [-0.25, -0.2) is 4.79 Å². The van der Waals surface area contributed by atoms with Gasteiger partial charge in [0.15, 0.2) is 6.10 Å². The van der Waals surface area contributed by atoms with Gasteiger partial charge in [0.05, 0.1) is 8.95 Å². The number of carbonyl (C=O) groups is 1. The van der Waals surface area contributed by atoms with Crippen molar-refractivity contribution in [1.82, 2.24) is 0 Å². The standard InChI is InChI=1S/C18H16Br2O4/c1-2-18(21)24-13(11-22-16-9-5-3-7-14(16)19)12-23-17-10-6-4-8-15(17)20/h2-10,13H,1,11-12H2. The topological polar surface area (TPSA) is 44.8 Å². The summed E-state index contributed by atoms with van der Waals surface area (Å²) in [5.41, 5.74) is 0. The molecule has 0 saturated heterocycles. The fourth-order valence-electron chi connectivity index (χ4n) is 1.82. The van der Waals surface area contributed by atoms with E-state index in [2.05, 4.69) is 38.4 Å². The van der Waals surface area contributed by atoms with E-state index in [-0.39, 0.29) is 13.2 Å². The van der Waals surface area contributed by atoms with Crippen molar-refractivity contribution in [3.05, 3.63) is 70.1 Å². The number of esters is 1. The van der Waals surface area contributed by atoms with Gasteiger partial charge in [0.25, 0.3) is 0 Å². The van der Waals surface area contributed by atoms with Crippen LogP contribution >= 0.6 is 31.9 Å². The van der Waals surface area contributed by atoms with E-state index >= 15 is 0 Å². The molecule has 2 aromatic rings. The zero-order valence-corrected chi connectivity index (χ0v) is 16.0. The van der Waals surface area contributed by atoms with Crippen molar-refractivity contribution in [2.45, 2.75) is 6.10 Å². The first-order chi connectivity index (χ1) is 11.6. The number of carbonyl (C=O) groups excluding carboxylic acids is 1. The molecule has 126 valence electrons. The molecule has 2 aromatic carbocycles. The van der Waals surface area contributed by atoms with E-state index < -0.39 is 12.1 Å². The number of halogens is 2. The van der Waals surface area contributed by atoms with Crippen LogP contribution in [0.25, 0.3) is 0 Å². The van der Waals surface area contributed by atoms with Crippen LogP contribution in [0.5, 0.6) is 11.5 Å². The Labute approximate surface area is 157 Å². The molecular formula is C18H16Br2O4. The van der Waals surface area contributed by atoms with E-state index in [9.17, 15) is 4.79 Å². The Morgan fingerprint density at radius 2 is 1.42 bits per heavy atom. The maximum atomic E-state index is 11.5. The van der Waals surface area contributed by atoms with Crippen molar-refractivity contribution < 1.29 is 19.0 Å². The van der Waals surface area contributed by atoms with Crippen LogP contribution in [0.3, 0.4) is 0 Å². The fraction of sp³-hybridized carbons (Fsp3) is 0.167. The van der Waals surface area contributed by atoms with Gasteiger partial charge in [0, 0.05) is 6.08 Å². The lowest BCUT2D eigenvalue weighted by Gasteiger charge is -2.19. The Hall–Kier alpha value is -1.79. The van der Waals surface area contributed by atoms with Gasteiger partial charge in [-0.15, -0.1) is 0 Å². The zero-order valence-electron chi connectivity index (χ0n) is 12.8. The van der Waals surface area contributed by atoms with E-state index in [1.165, 1.54) is 0 Å². The molecule has 0 aliphatic rings. The maximum absolute atomic E-state index is 11.5. The molecule has 0 N–H and O–H groups in total. The zero-order chi connectivity index (χ0) is 17.4. The maximum Gasteiger partial charge on any atom is 0.330 e. The SMILES string of the molecule is C=CC(=O)OC(COc1ccccc1Br)COc1ccccc1Br. The summed E-state index contributed by atoms with van der Waals surface area (Å²) in [7, 11) is 0. The van der Waals surface area contributed by atoms with E-state index in [1.807, 2.05) is 48.5 Å². The van der Waals surface area contributed by atoms with Gasteiger partial charge in [-0.05, 0) is 56.1 Å². The summed E-state index contributed by atoms with van der Waals surface area (Å²) in [6.45, 7) is 3.73. The van der Waals surface area contributed by atoms with Crippen molar-refractivity contribution >= 4 is 37.8 Å². The minimum Gasteiger partial charge on any atom is -0.488 e. The molecule has 2 rings (SSSR count). The van der Waals surface area contributed by atoms with Crippen molar-refractivity contribution in [3.8, 4) is 11.5 Å². The number of hydrogen-bond donors (Lipinski definition) is 0. The molecule has 0 fully saturated rings. The normalized spacial score (nSPS) is 10.3. The molecule has 0 saturated carbocycles. The summed E-state index contributed by atoms with van der Waals surface area (Å²) >= 11 is 6.82. The van der Waals surface area contributed by atoms with Crippen LogP contribution in [-0.2, 0) is 9.53 Å². The minimum absolute atomic E-state index is 0.159. The largest absolute Gasteiger partial charge is 0.488 e. The smallest absolute Gasteiger partial charge is 0.330 e. The molecule has 0 radical (unpaired) electrons. The first-order valence-electron chi connectivity index (χ1n) is 7.18. The third-order valence-electron chi connectivity index (χ3n) is 2.97. The van der Waals surface area contributed by atoms with Crippen LogP contribution in [0.15, 0.2) is 70.1 Å². The predicted octanol–water partition coefficient (Wildman–Crippen LogP) is 4.77. The highest BCUT2D eigenvalue weighted by Gasteiger charge is 2.16. The lowest BCUT2D eigenvalue weighted by Crippen LogP contribution is -2.30. The average Bonchev–Trinajstić information content (AvgIpc) is 2.59. The van der Waals surface area contributed by atoms with Crippen LogP contribution in [0.1, 0.15) is 0 Å². The molecule has 0 bridgehead atoms. The van der Waals surface area contributed by atoms with E-state index in [4.69, 9.17) is 14.2 Å². The molecule has 4 nitrogen and oxygen atoms in total. The lowest BCUT2D eigenvalue weighted by molar-refractivity contribution is -0.146. The Morgan fingerprint density at radius 3 is 1.83 bits per heavy atom. The van der Waals surface area contributed by atoms with E-state index in [0.29, 0.717) is 11.5 Å². The van der Waals surface area contributed by atoms with Gasteiger partial charge >= 0.3 is 5.97 Å². The molecule has 0 amide bonds. The van der Waals surface area contributed by atoms with Gasteiger partial charge in [-0.2, -0.15) is 0 Å². The molecule has 0 aromatic heterocycles. The molecule has 0 aliphatic carbocycles.